The number of nitrogens with zero attached hydrogens (tertiary/aromatic N) is 2. The molecule has 3 aromatic heterocycles. The number of fused-ring (bicyclic) bond motifs is 8. The van der Waals surface area contributed by atoms with Gasteiger partial charge >= 0.3 is 10.1 Å². The zero-order valence-electron chi connectivity index (χ0n) is 31.9. The highest BCUT2D eigenvalue weighted by Gasteiger charge is 2.21. The van der Waals surface area contributed by atoms with Crippen LogP contribution in [0.3, 0.4) is 0 Å². The standard InChI is InChI=1S/C51H36N4O3S/c1-33-20-22-39(23-21-33)59(56,57)58-38-19-11-18-37(32-38)51-46-30-28-44(54-46)49(35-14-7-3-8-15-35)42-26-24-40(52-42)48(34-12-5-2-6-13-34)41-25-27-43(53-41)50(36-16-9-4-10-17-36)45-29-31-47(51)55-45/h2-32,54-55H,1H3. The fourth-order valence-electron chi connectivity index (χ4n) is 7.82. The first-order valence-electron chi connectivity index (χ1n) is 19.3. The minimum atomic E-state index is -4.10. The Kier molecular flexibility index (Phi) is 8.96. The number of aryl methyl sites for hydroxylation is 1. The van der Waals surface area contributed by atoms with Crippen LogP contribution in [0.2, 0.25) is 0 Å². The quantitative estimate of drug-likeness (QED) is 0.157. The van der Waals surface area contributed by atoms with Crippen molar-refractivity contribution in [3.63, 3.8) is 0 Å². The second kappa shape index (κ2) is 14.8. The monoisotopic (exact) mass is 784 g/mol. The molecule has 0 saturated carbocycles. The summed E-state index contributed by atoms with van der Waals surface area (Å²) in [5.74, 6) is 0.196. The van der Waals surface area contributed by atoms with Gasteiger partial charge in [0.1, 0.15) is 10.6 Å². The number of nitrogens with one attached hydrogen (secondary N) is 2. The van der Waals surface area contributed by atoms with Crippen LogP contribution in [0.15, 0.2) is 169 Å². The van der Waals surface area contributed by atoms with Gasteiger partial charge in [0.25, 0.3) is 0 Å². The van der Waals surface area contributed by atoms with Crippen molar-refractivity contribution in [2.75, 3.05) is 0 Å². The Morgan fingerprint density at radius 2 is 0.831 bits per heavy atom. The third-order valence-electron chi connectivity index (χ3n) is 10.6. The molecule has 7 nitrogen and oxygen atoms in total. The van der Waals surface area contributed by atoms with E-state index in [0.717, 1.165) is 94.9 Å². The molecular weight excluding hydrogens is 749 g/mol. The predicted molar refractivity (Wildman–Crippen MR) is 240 cm³/mol. The lowest BCUT2D eigenvalue weighted by Gasteiger charge is -2.10. The maximum atomic E-state index is 13.5. The molecular formula is C51H36N4O3S. The minimum Gasteiger partial charge on any atom is -0.379 e. The maximum Gasteiger partial charge on any atom is 0.339 e. The highest BCUT2D eigenvalue weighted by atomic mass is 32.2. The van der Waals surface area contributed by atoms with Gasteiger partial charge in [0, 0.05) is 44.3 Å². The number of H-pyrrole nitrogens is 2. The van der Waals surface area contributed by atoms with Gasteiger partial charge in [-0.15, -0.1) is 0 Å². The first-order valence-corrected chi connectivity index (χ1v) is 20.7. The number of aromatic nitrogens is 4. The van der Waals surface area contributed by atoms with Crippen molar-refractivity contribution in [2.24, 2.45) is 0 Å². The normalized spacial score (nSPS) is 12.2. The first-order chi connectivity index (χ1) is 28.9. The Morgan fingerprint density at radius 1 is 0.424 bits per heavy atom. The van der Waals surface area contributed by atoms with Crippen LogP contribution in [-0.2, 0) is 10.1 Å². The minimum absolute atomic E-state index is 0.0869. The van der Waals surface area contributed by atoms with E-state index in [-0.39, 0.29) is 10.6 Å². The molecule has 0 fully saturated rings. The molecule has 0 aliphatic carbocycles. The third kappa shape index (κ3) is 6.85. The van der Waals surface area contributed by atoms with E-state index in [9.17, 15) is 8.42 Å². The van der Waals surface area contributed by atoms with Crippen LogP contribution in [-0.4, -0.2) is 28.4 Å². The molecule has 0 atom stereocenters. The van der Waals surface area contributed by atoms with E-state index in [4.69, 9.17) is 14.2 Å². The van der Waals surface area contributed by atoms with Gasteiger partial charge in [-0.05, 0) is 102 Å². The van der Waals surface area contributed by atoms with Crippen molar-refractivity contribution < 1.29 is 12.6 Å². The van der Waals surface area contributed by atoms with E-state index < -0.39 is 10.1 Å². The van der Waals surface area contributed by atoms with Gasteiger partial charge < -0.3 is 14.2 Å². The summed E-state index contributed by atoms with van der Waals surface area (Å²) in [5, 5.41) is 0. The van der Waals surface area contributed by atoms with Crippen LogP contribution in [0.1, 0.15) is 28.3 Å². The molecule has 0 unspecified atom stereocenters. The Hall–Kier alpha value is -7.55. The molecule has 2 N–H and O–H groups in total. The molecule has 0 spiro atoms. The Morgan fingerprint density at radius 3 is 1.31 bits per heavy atom. The van der Waals surface area contributed by atoms with Crippen LogP contribution in [0.5, 0.6) is 5.75 Å². The lowest BCUT2D eigenvalue weighted by molar-refractivity contribution is 0.486. The topological polar surface area (TPSA) is 101 Å². The SMILES string of the molecule is Cc1ccc(S(=O)(=O)Oc2cccc(-c3c4ccc([nH]4)c(-c4ccccc4)c4nc(c(-c5ccccc5)c5nc(c(-c6ccccc6)c6ccc3[nH]6)C=C5)C=C4)c2)cc1. The summed E-state index contributed by atoms with van der Waals surface area (Å²) in [4.78, 5) is 18.3. The lowest BCUT2D eigenvalue weighted by Crippen LogP contribution is -2.09. The van der Waals surface area contributed by atoms with E-state index in [1.54, 1.807) is 36.4 Å². The van der Waals surface area contributed by atoms with Crippen LogP contribution in [0, 0.1) is 6.92 Å². The number of hydrogen-bond donors (Lipinski definition) is 2. The summed E-state index contributed by atoms with van der Waals surface area (Å²) in [6.45, 7) is 1.91. The van der Waals surface area contributed by atoms with Gasteiger partial charge in [-0.1, -0.05) is 121 Å². The van der Waals surface area contributed by atoms with Crippen molar-refractivity contribution in [3.05, 3.63) is 192 Å². The number of aromatic amines is 2. The predicted octanol–water partition coefficient (Wildman–Crippen LogP) is 12.4. The molecule has 0 amide bonds. The van der Waals surface area contributed by atoms with Crippen LogP contribution >= 0.6 is 0 Å². The van der Waals surface area contributed by atoms with Gasteiger partial charge in [0.05, 0.1) is 22.8 Å². The van der Waals surface area contributed by atoms with E-state index in [0.29, 0.717) is 0 Å². The second-order valence-corrected chi connectivity index (χ2v) is 16.0. The summed E-state index contributed by atoms with van der Waals surface area (Å²) >= 11 is 0. The summed E-state index contributed by atoms with van der Waals surface area (Å²) < 4.78 is 32.7. The lowest BCUT2D eigenvalue weighted by atomic mass is 10.0. The summed E-state index contributed by atoms with van der Waals surface area (Å²) in [5.41, 5.74) is 15.0. The van der Waals surface area contributed by atoms with Crippen molar-refractivity contribution in [1.82, 2.24) is 19.9 Å². The van der Waals surface area contributed by atoms with Crippen LogP contribution < -0.4 is 4.18 Å². The Labute approximate surface area is 341 Å². The molecule has 284 valence electrons. The second-order valence-electron chi connectivity index (χ2n) is 14.5. The van der Waals surface area contributed by atoms with Crippen molar-refractivity contribution in [1.29, 1.82) is 0 Å². The fourth-order valence-corrected chi connectivity index (χ4v) is 8.74. The largest absolute Gasteiger partial charge is 0.379 e. The number of hydrogen-bond acceptors (Lipinski definition) is 5. The average Bonchev–Trinajstić information content (AvgIpc) is 4.11. The molecule has 8 heteroatoms. The van der Waals surface area contributed by atoms with Gasteiger partial charge in [0.2, 0.25) is 0 Å². The molecule has 8 bridgehead atoms. The molecule has 10 rings (SSSR count). The van der Waals surface area contributed by atoms with Crippen LogP contribution in [0.4, 0.5) is 0 Å². The Bertz CT molecular complexity index is 3100. The van der Waals surface area contributed by atoms with Gasteiger partial charge in [0.15, 0.2) is 0 Å². The Balaban J connectivity index is 1.29. The van der Waals surface area contributed by atoms with E-state index in [1.807, 2.05) is 73.7 Å². The number of rotatable bonds is 7. The van der Waals surface area contributed by atoms with E-state index >= 15 is 0 Å². The molecule has 8 aromatic rings. The molecule has 2 aliphatic rings. The van der Waals surface area contributed by atoms with Crippen molar-refractivity contribution in [2.45, 2.75) is 11.8 Å². The molecule has 0 radical (unpaired) electrons. The van der Waals surface area contributed by atoms with E-state index in [1.165, 1.54) is 0 Å². The smallest absolute Gasteiger partial charge is 0.339 e. The van der Waals surface area contributed by atoms with Crippen molar-refractivity contribution >= 4 is 56.5 Å². The summed E-state index contributed by atoms with van der Waals surface area (Å²) in [6.07, 6.45) is 8.29. The molecule has 5 heterocycles. The third-order valence-corrected chi connectivity index (χ3v) is 11.8. The van der Waals surface area contributed by atoms with Gasteiger partial charge in [-0.25, -0.2) is 9.97 Å². The number of benzene rings is 5. The average molecular weight is 785 g/mol. The fraction of sp³-hybridized carbons (Fsp3) is 0.0196. The van der Waals surface area contributed by atoms with Gasteiger partial charge in [-0.3, -0.25) is 0 Å². The summed E-state index contributed by atoms with van der Waals surface area (Å²) in [6, 6.07) is 52.9. The molecule has 5 aromatic carbocycles. The van der Waals surface area contributed by atoms with E-state index in [2.05, 4.69) is 94.9 Å². The highest BCUT2D eigenvalue weighted by molar-refractivity contribution is 7.87. The molecule has 0 saturated heterocycles. The zero-order valence-corrected chi connectivity index (χ0v) is 32.7. The van der Waals surface area contributed by atoms with Crippen molar-refractivity contribution in [3.8, 4) is 50.3 Å². The molecule has 59 heavy (non-hydrogen) atoms. The zero-order chi connectivity index (χ0) is 39.9. The maximum absolute atomic E-state index is 13.5. The molecule has 2 aliphatic heterocycles. The highest BCUT2D eigenvalue weighted by Crippen LogP contribution is 2.39. The first kappa shape index (κ1) is 35.8. The van der Waals surface area contributed by atoms with Crippen LogP contribution in [0.25, 0.3) is 90.9 Å². The van der Waals surface area contributed by atoms with Gasteiger partial charge in [-0.2, -0.15) is 8.42 Å². The summed E-state index contributed by atoms with van der Waals surface area (Å²) in [7, 11) is -4.10.